The van der Waals surface area contributed by atoms with Gasteiger partial charge in [-0.3, -0.25) is 4.79 Å². The quantitative estimate of drug-likeness (QED) is 0.376. The normalized spacial score (nSPS) is 11.9. The first-order valence-corrected chi connectivity index (χ1v) is 10.0. The number of nitrogens with one attached hydrogen (secondary N) is 1. The van der Waals surface area contributed by atoms with Gasteiger partial charge in [0.2, 0.25) is 0 Å². The van der Waals surface area contributed by atoms with Crippen LogP contribution in [0.5, 0.6) is 11.5 Å². The first-order valence-electron chi connectivity index (χ1n) is 9.28. The van der Waals surface area contributed by atoms with E-state index in [4.69, 9.17) is 32.7 Å². The number of methoxy groups -OCH3 is 1. The highest BCUT2D eigenvalue weighted by Gasteiger charge is 2.16. The molecule has 0 heterocycles. The molecular weight excluding hydrogens is 439 g/mol. The maximum Gasteiger partial charge on any atom is 0.273 e. The third kappa shape index (κ3) is 6.21. The van der Waals surface area contributed by atoms with E-state index in [1.807, 2.05) is 12.1 Å². The van der Waals surface area contributed by atoms with Crippen LogP contribution in [0, 0.1) is 0 Å². The number of nitrogens with zero attached hydrogens (tertiary/aromatic N) is 1. The molecule has 0 spiro atoms. The molecule has 6 nitrogen and oxygen atoms in total. The summed E-state index contributed by atoms with van der Waals surface area (Å²) in [5.41, 5.74) is 4.28. The van der Waals surface area contributed by atoms with Gasteiger partial charge in [-0.2, -0.15) is 5.10 Å². The third-order valence-electron chi connectivity index (χ3n) is 4.30. The lowest BCUT2D eigenvalue weighted by Crippen LogP contribution is -2.25. The van der Waals surface area contributed by atoms with Crippen LogP contribution < -0.4 is 14.9 Å². The number of hydrogen-bond donors (Lipinski definition) is 2. The van der Waals surface area contributed by atoms with Crippen molar-refractivity contribution in [1.29, 1.82) is 0 Å². The zero-order chi connectivity index (χ0) is 22.2. The molecule has 2 N–H and O–H groups in total. The summed E-state index contributed by atoms with van der Waals surface area (Å²) in [5, 5.41) is 14.9. The molecule has 0 aromatic heterocycles. The number of halogens is 2. The molecule has 0 bridgehead atoms. The number of ether oxygens (including phenoxy) is 2. The van der Waals surface area contributed by atoms with Crippen molar-refractivity contribution in [3.05, 3.63) is 93.5 Å². The Kier molecular flexibility index (Phi) is 7.89. The van der Waals surface area contributed by atoms with Crippen molar-refractivity contribution in [2.75, 3.05) is 7.11 Å². The Morgan fingerprint density at radius 1 is 1.13 bits per heavy atom. The van der Waals surface area contributed by atoms with Crippen LogP contribution in [-0.4, -0.2) is 24.3 Å². The molecule has 0 saturated carbocycles. The topological polar surface area (TPSA) is 80.2 Å². The molecule has 3 aromatic rings. The number of hydrazone groups is 1. The minimum atomic E-state index is -1.32. The first-order chi connectivity index (χ1) is 15.0. The lowest BCUT2D eigenvalue weighted by molar-refractivity contribution is -0.129. The molecule has 31 heavy (non-hydrogen) atoms. The highest BCUT2D eigenvalue weighted by atomic mass is 35.5. The van der Waals surface area contributed by atoms with Gasteiger partial charge < -0.3 is 14.6 Å². The van der Waals surface area contributed by atoms with Crippen molar-refractivity contribution < 1.29 is 19.4 Å². The Balaban J connectivity index is 1.66. The van der Waals surface area contributed by atoms with Crippen LogP contribution in [0.25, 0.3) is 0 Å². The first kappa shape index (κ1) is 22.6. The van der Waals surface area contributed by atoms with Gasteiger partial charge in [-0.1, -0.05) is 65.7 Å². The average molecular weight is 459 g/mol. The Morgan fingerprint density at radius 3 is 2.52 bits per heavy atom. The number of benzene rings is 3. The van der Waals surface area contributed by atoms with E-state index in [9.17, 15) is 9.90 Å². The summed E-state index contributed by atoms with van der Waals surface area (Å²) in [6.07, 6.45) is 0.0765. The number of aliphatic hydroxyl groups excluding tert-OH is 1. The summed E-state index contributed by atoms with van der Waals surface area (Å²) in [7, 11) is 1.50. The molecule has 0 fully saturated rings. The Labute approximate surface area is 190 Å². The predicted molar refractivity (Wildman–Crippen MR) is 121 cm³/mol. The van der Waals surface area contributed by atoms with Crippen molar-refractivity contribution >= 4 is 35.3 Å². The second-order valence-corrected chi connectivity index (χ2v) is 7.34. The standard InChI is InChI=1S/C23H20Cl2N2O4/c1-30-20-12-16(13-26-27-23(29)21(28)17-5-3-2-4-6-17)11-19(25)22(20)31-14-15-7-9-18(24)10-8-15/h2-13,21,28H,14H2,1H3,(H,27,29)/b26-13+. The Morgan fingerprint density at radius 2 is 1.84 bits per heavy atom. The largest absolute Gasteiger partial charge is 0.493 e. The van der Waals surface area contributed by atoms with Crippen molar-refractivity contribution in [3.63, 3.8) is 0 Å². The molecule has 1 amide bonds. The van der Waals surface area contributed by atoms with Crippen molar-refractivity contribution in [2.24, 2.45) is 5.10 Å². The molecule has 160 valence electrons. The number of amides is 1. The Hall–Kier alpha value is -3.06. The Bertz CT molecular complexity index is 1060. The van der Waals surface area contributed by atoms with Crippen molar-refractivity contribution in [1.82, 2.24) is 5.43 Å². The fraction of sp³-hybridized carbons (Fsp3) is 0.130. The maximum atomic E-state index is 12.1. The van der Waals surface area contributed by atoms with Crippen molar-refractivity contribution in [2.45, 2.75) is 12.7 Å². The smallest absolute Gasteiger partial charge is 0.273 e. The minimum absolute atomic E-state index is 0.286. The summed E-state index contributed by atoms with van der Waals surface area (Å²) in [6, 6.07) is 19.2. The van der Waals surface area contributed by atoms with Gasteiger partial charge in [0.1, 0.15) is 6.61 Å². The molecule has 1 atom stereocenters. The summed E-state index contributed by atoms with van der Waals surface area (Å²) in [6.45, 7) is 0.286. The molecule has 3 rings (SSSR count). The third-order valence-corrected chi connectivity index (χ3v) is 4.83. The highest BCUT2D eigenvalue weighted by Crippen LogP contribution is 2.36. The lowest BCUT2D eigenvalue weighted by Gasteiger charge is -2.13. The fourth-order valence-electron chi connectivity index (χ4n) is 2.71. The molecule has 1 unspecified atom stereocenters. The average Bonchev–Trinajstić information content (AvgIpc) is 2.79. The van der Waals surface area contributed by atoms with Gasteiger partial charge in [0.25, 0.3) is 5.91 Å². The maximum absolute atomic E-state index is 12.1. The van der Waals surface area contributed by atoms with Crippen LogP contribution in [-0.2, 0) is 11.4 Å². The summed E-state index contributed by atoms with van der Waals surface area (Å²) in [5.74, 6) is 0.154. The molecule has 0 aliphatic carbocycles. The van der Waals surface area contributed by atoms with Gasteiger partial charge >= 0.3 is 0 Å². The SMILES string of the molecule is COc1cc(/C=N/NC(=O)C(O)c2ccccc2)cc(Cl)c1OCc1ccc(Cl)cc1. The van der Waals surface area contributed by atoms with E-state index in [2.05, 4.69) is 10.5 Å². The molecule has 0 aliphatic heterocycles. The van der Waals surface area contributed by atoms with E-state index in [1.54, 1.807) is 54.6 Å². The highest BCUT2D eigenvalue weighted by molar-refractivity contribution is 6.32. The zero-order valence-corrected chi connectivity index (χ0v) is 18.1. The van der Waals surface area contributed by atoms with Crippen LogP contribution in [0.2, 0.25) is 10.0 Å². The van der Waals surface area contributed by atoms with Crippen molar-refractivity contribution in [3.8, 4) is 11.5 Å². The minimum Gasteiger partial charge on any atom is -0.493 e. The second-order valence-electron chi connectivity index (χ2n) is 6.50. The monoisotopic (exact) mass is 458 g/mol. The van der Waals surface area contributed by atoms with E-state index in [0.29, 0.717) is 32.7 Å². The number of aliphatic hydroxyl groups is 1. The summed E-state index contributed by atoms with van der Waals surface area (Å²) in [4.78, 5) is 12.1. The van der Waals surface area contributed by atoms with Gasteiger partial charge in [-0.15, -0.1) is 0 Å². The summed E-state index contributed by atoms with van der Waals surface area (Å²) < 4.78 is 11.2. The van der Waals surface area contributed by atoms with Crippen LogP contribution in [0.4, 0.5) is 0 Å². The van der Waals surface area contributed by atoms with Gasteiger partial charge in [0.15, 0.2) is 17.6 Å². The molecule has 0 aliphatic rings. The number of carbonyl (C=O) groups excluding carboxylic acids is 1. The molecular formula is C23H20Cl2N2O4. The van der Waals surface area contributed by atoms with E-state index >= 15 is 0 Å². The predicted octanol–water partition coefficient (Wildman–Crippen LogP) is 4.76. The van der Waals surface area contributed by atoms with Crippen LogP contribution in [0.1, 0.15) is 22.8 Å². The zero-order valence-electron chi connectivity index (χ0n) is 16.6. The van der Waals surface area contributed by atoms with Crippen LogP contribution >= 0.6 is 23.2 Å². The van der Waals surface area contributed by atoms with E-state index in [-0.39, 0.29) is 6.61 Å². The van der Waals surface area contributed by atoms with Crippen LogP contribution in [0.15, 0.2) is 71.8 Å². The molecule has 0 radical (unpaired) electrons. The van der Waals surface area contributed by atoms with Crippen LogP contribution in [0.3, 0.4) is 0 Å². The lowest BCUT2D eigenvalue weighted by atomic mass is 10.1. The van der Waals surface area contributed by atoms with Gasteiger partial charge in [0.05, 0.1) is 18.3 Å². The number of hydrogen-bond acceptors (Lipinski definition) is 5. The molecule has 3 aromatic carbocycles. The van der Waals surface area contributed by atoms with E-state index < -0.39 is 12.0 Å². The van der Waals surface area contributed by atoms with E-state index in [0.717, 1.165) is 5.56 Å². The second kappa shape index (κ2) is 10.8. The number of carbonyl (C=O) groups is 1. The van der Waals surface area contributed by atoms with Gasteiger partial charge in [-0.25, -0.2) is 5.43 Å². The molecule has 8 heteroatoms. The van der Waals surface area contributed by atoms with Gasteiger partial charge in [0, 0.05) is 5.02 Å². The summed E-state index contributed by atoms with van der Waals surface area (Å²) >= 11 is 12.3. The molecule has 0 saturated heterocycles. The number of rotatable bonds is 8. The van der Waals surface area contributed by atoms with Gasteiger partial charge in [-0.05, 0) is 41.0 Å². The van der Waals surface area contributed by atoms with E-state index in [1.165, 1.54) is 13.3 Å². The fourth-order valence-corrected chi connectivity index (χ4v) is 3.11.